The molecule has 1 saturated carbocycles. The third-order valence-electron chi connectivity index (χ3n) is 4.19. The molecule has 2 nitrogen and oxygen atoms in total. The van der Waals surface area contributed by atoms with Gasteiger partial charge in [0.05, 0.1) is 6.07 Å². The van der Waals surface area contributed by atoms with E-state index in [0.29, 0.717) is 11.8 Å². The Hall–Kier alpha value is -1.01. The fourth-order valence-electron chi connectivity index (χ4n) is 2.95. The summed E-state index contributed by atoms with van der Waals surface area (Å²) in [5.41, 5.74) is 0.616. The first-order chi connectivity index (χ1) is 9.06. The van der Waals surface area contributed by atoms with Crippen molar-refractivity contribution in [3.05, 3.63) is 28.7 Å². The van der Waals surface area contributed by atoms with Crippen molar-refractivity contribution >= 4 is 21.6 Å². The molecule has 3 heteroatoms. The summed E-state index contributed by atoms with van der Waals surface area (Å²) < 4.78 is 1.02. The lowest BCUT2D eigenvalue weighted by atomic mass is 9.72. The van der Waals surface area contributed by atoms with E-state index in [9.17, 15) is 5.26 Å². The Kier molecular flexibility index (Phi) is 4.52. The van der Waals surface area contributed by atoms with Crippen molar-refractivity contribution < 1.29 is 0 Å². The zero-order chi connectivity index (χ0) is 13.9. The SMILES string of the molecule is CC(C)C1CCCC(C#N)(Nc2ccccc2Br)C1. The summed E-state index contributed by atoms with van der Waals surface area (Å²) in [6.07, 6.45) is 4.27. The first-order valence-corrected chi connectivity index (χ1v) is 7.79. The van der Waals surface area contributed by atoms with E-state index >= 15 is 0 Å². The van der Waals surface area contributed by atoms with Gasteiger partial charge in [0.1, 0.15) is 5.54 Å². The highest BCUT2D eigenvalue weighted by Gasteiger charge is 2.37. The summed E-state index contributed by atoms with van der Waals surface area (Å²) in [7, 11) is 0. The van der Waals surface area contributed by atoms with Crippen LogP contribution < -0.4 is 5.32 Å². The fourth-order valence-corrected chi connectivity index (χ4v) is 3.33. The molecule has 1 aromatic rings. The van der Waals surface area contributed by atoms with Gasteiger partial charge in [-0.15, -0.1) is 0 Å². The maximum absolute atomic E-state index is 9.67. The van der Waals surface area contributed by atoms with Crippen LogP contribution >= 0.6 is 15.9 Å². The highest BCUT2D eigenvalue weighted by molar-refractivity contribution is 9.10. The van der Waals surface area contributed by atoms with Gasteiger partial charge in [0.15, 0.2) is 0 Å². The van der Waals surface area contributed by atoms with Crippen LogP contribution in [0, 0.1) is 23.2 Å². The number of rotatable bonds is 3. The average Bonchev–Trinajstić information content (AvgIpc) is 2.42. The second-order valence-electron chi connectivity index (χ2n) is 5.90. The van der Waals surface area contributed by atoms with Crippen molar-refractivity contribution in [1.29, 1.82) is 5.26 Å². The number of para-hydroxylation sites is 1. The van der Waals surface area contributed by atoms with Gasteiger partial charge in [-0.3, -0.25) is 0 Å². The lowest BCUT2D eigenvalue weighted by Gasteiger charge is -2.39. The molecule has 19 heavy (non-hydrogen) atoms. The molecule has 0 saturated heterocycles. The first-order valence-electron chi connectivity index (χ1n) is 7.00. The van der Waals surface area contributed by atoms with Crippen LogP contribution in [0.25, 0.3) is 0 Å². The maximum Gasteiger partial charge on any atom is 0.125 e. The van der Waals surface area contributed by atoms with Crippen molar-refractivity contribution in [3.63, 3.8) is 0 Å². The van der Waals surface area contributed by atoms with Crippen LogP contribution in [0.3, 0.4) is 0 Å². The molecule has 1 aliphatic carbocycles. The summed E-state index contributed by atoms with van der Waals surface area (Å²) in [5.74, 6) is 1.29. The molecule has 1 aromatic carbocycles. The minimum absolute atomic E-state index is 0.406. The second kappa shape index (κ2) is 5.96. The van der Waals surface area contributed by atoms with Crippen LogP contribution in [0.4, 0.5) is 5.69 Å². The summed E-state index contributed by atoms with van der Waals surface area (Å²) >= 11 is 3.55. The van der Waals surface area contributed by atoms with E-state index in [2.05, 4.69) is 41.2 Å². The molecule has 0 radical (unpaired) electrons. The van der Waals surface area contributed by atoms with Crippen LogP contribution in [0.5, 0.6) is 0 Å². The van der Waals surface area contributed by atoms with Gasteiger partial charge in [-0.05, 0) is 65.6 Å². The van der Waals surface area contributed by atoms with E-state index in [-0.39, 0.29) is 0 Å². The van der Waals surface area contributed by atoms with Gasteiger partial charge in [-0.2, -0.15) is 5.26 Å². The minimum atomic E-state index is -0.406. The molecule has 0 aliphatic heterocycles. The fraction of sp³-hybridized carbons (Fsp3) is 0.562. The monoisotopic (exact) mass is 320 g/mol. The van der Waals surface area contributed by atoms with Crippen LogP contribution in [0.2, 0.25) is 0 Å². The Morgan fingerprint density at radius 3 is 2.79 bits per heavy atom. The highest BCUT2D eigenvalue weighted by Crippen LogP contribution is 2.39. The molecule has 1 N–H and O–H groups in total. The van der Waals surface area contributed by atoms with Gasteiger partial charge in [-0.25, -0.2) is 0 Å². The second-order valence-corrected chi connectivity index (χ2v) is 6.75. The van der Waals surface area contributed by atoms with Crippen LogP contribution in [0.1, 0.15) is 39.5 Å². The van der Waals surface area contributed by atoms with E-state index in [1.54, 1.807) is 0 Å². The molecule has 0 bridgehead atoms. The van der Waals surface area contributed by atoms with Gasteiger partial charge in [0.25, 0.3) is 0 Å². The Bertz CT molecular complexity index is 478. The largest absolute Gasteiger partial charge is 0.366 e. The van der Waals surface area contributed by atoms with Crippen LogP contribution in [-0.2, 0) is 0 Å². The summed E-state index contributed by atoms with van der Waals surface area (Å²) in [5, 5.41) is 13.2. The lowest BCUT2D eigenvalue weighted by molar-refractivity contribution is 0.232. The van der Waals surface area contributed by atoms with Crippen molar-refractivity contribution in [2.45, 2.75) is 45.1 Å². The molecule has 2 atom stereocenters. The third-order valence-corrected chi connectivity index (χ3v) is 4.89. The number of benzene rings is 1. The van der Waals surface area contributed by atoms with E-state index in [0.717, 1.165) is 29.4 Å². The molecule has 2 unspecified atom stereocenters. The smallest absolute Gasteiger partial charge is 0.125 e. The topological polar surface area (TPSA) is 35.8 Å². The Balaban J connectivity index is 2.19. The van der Waals surface area contributed by atoms with Crippen molar-refractivity contribution in [2.75, 3.05) is 5.32 Å². The Labute approximate surface area is 124 Å². The number of anilines is 1. The Morgan fingerprint density at radius 1 is 1.42 bits per heavy atom. The summed E-state index contributed by atoms with van der Waals surface area (Å²) in [6.45, 7) is 4.52. The molecule has 1 aliphatic rings. The van der Waals surface area contributed by atoms with Crippen LogP contribution in [-0.4, -0.2) is 5.54 Å². The first kappa shape index (κ1) is 14.4. The molecule has 0 aromatic heterocycles. The standard InChI is InChI=1S/C16H21BrN2/c1-12(2)13-6-5-9-16(10-13,11-18)19-15-8-4-3-7-14(15)17/h3-4,7-8,12-13,19H,5-6,9-10H2,1-2H3. The molecule has 2 rings (SSSR count). The molecule has 0 spiro atoms. The molecular formula is C16H21BrN2. The van der Waals surface area contributed by atoms with Crippen LogP contribution in [0.15, 0.2) is 28.7 Å². The molecule has 0 heterocycles. The average molecular weight is 321 g/mol. The Morgan fingerprint density at radius 2 is 2.16 bits per heavy atom. The van der Waals surface area contributed by atoms with Crippen molar-refractivity contribution in [3.8, 4) is 6.07 Å². The maximum atomic E-state index is 9.67. The number of hydrogen-bond donors (Lipinski definition) is 1. The molecule has 0 amide bonds. The van der Waals surface area contributed by atoms with Gasteiger partial charge >= 0.3 is 0 Å². The number of hydrogen-bond acceptors (Lipinski definition) is 2. The number of nitriles is 1. The zero-order valence-electron chi connectivity index (χ0n) is 11.6. The summed E-state index contributed by atoms with van der Waals surface area (Å²) in [4.78, 5) is 0. The van der Waals surface area contributed by atoms with Gasteiger partial charge < -0.3 is 5.32 Å². The predicted octanol–water partition coefficient (Wildman–Crippen LogP) is 4.97. The normalized spacial score (nSPS) is 27.0. The van der Waals surface area contributed by atoms with E-state index in [1.807, 2.05) is 24.3 Å². The van der Waals surface area contributed by atoms with Gasteiger partial charge in [0, 0.05) is 10.2 Å². The van der Waals surface area contributed by atoms with E-state index < -0.39 is 5.54 Å². The van der Waals surface area contributed by atoms with Gasteiger partial charge in [-0.1, -0.05) is 26.0 Å². The third kappa shape index (κ3) is 3.30. The quantitative estimate of drug-likeness (QED) is 0.853. The zero-order valence-corrected chi connectivity index (χ0v) is 13.2. The molecule has 102 valence electrons. The predicted molar refractivity (Wildman–Crippen MR) is 82.9 cm³/mol. The van der Waals surface area contributed by atoms with Crippen molar-refractivity contribution in [2.24, 2.45) is 11.8 Å². The molecular weight excluding hydrogens is 300 g/mol. The van der Waals surface area contributed by atoms with E-state index in [1.165, 1.54) is 6.42 Å². The highest BCUT2D eigenvalue weighted by atomic mass is 79.9. The minimum Gasteiger partial charge on any atom is -0.366 e. The number of nitrogens with zero attached hydrogens (tertiary/aromatic N) is 1. The number of nitrogens with one attached hydrogen (secondary N) is 1. The number of halogens is 1. The summed E-state index contributed by atoms with van der Waals surface area (Å²) in [6, 6.07) is 10.6. The van der Waals surface area contributed by atoms with Crippen molar-refractivity contribution in [1.82, 2.24) is 0 Å². The van der Waals surface area contributed by atoms with E-state index in [4.69, 9.17) is 0 Å². The lowest BCUT2D eigenvalue weighted by Crippen LogP contribution is -2.42. The van der Waals surface area contributed by atoms with Gasteiger partial charge in [0.2, 0.25) is 0 Å². The molecule has 1 fully saturated rings.